The van der Waals surface area contributed by atoms with Crippen LogP contribution in [0.1, 0.15) is 18.6 Å². The highest BCUT2D eigenvalue weighted by Gasteiger charge is 2.45. The highest BCUT2D eigenvalue weighted by atomic mass is 16.7. The minimum absolute atomic E-state index is 0.349. The van der Waals surface area contributed by atoms with E-state index in [9.17, 15) is 25.4 Å². The Bertz CT molecular complexity index is 915. The number of rotatable bonds is 7. The number of ether oxygens (including phenoxy) is 4. The Morgan fingerprint density at radius 2 is 1.77 bits per heavy atom. The molecule has 0 saturated carbocycles. The molecule has 3 rings (SSSR count). The van der Waals surface area contributed by atoms with Crippen molar-refractivity contribution in [3.8, 4) is 17.6 Å². The molecule has 31 heavy (non-hydrogen) atoms. The lowest BCUT2D eigenvalue weighted by Crippen LogP contribution is -2.59. The number of hydrogen-bond acceptors (Lipinski definition) is 9. The Kier molecular flexibility index (Phi) is 7.57. The molecule has 0 aliphatic carbocycles. The van der Waals surface area contributed by atoms with Crippen LogP contribution in [0, 0.1) is 11.3 Å². The number of para-hydroxylation sites is 1. The summed E-state index contributed by atoms with van der Waals surface area (Å²) >= 11 is 0. The lowest BCUT2D eigenvalue weighted by atomic mass is 9.99. The second-order valence-electron chi connectivity index (χ2n) is 6.95. The van der Waals surface area contributed by atoms with Gasteiger partial charge in [0.1, 0.15) is 42.5 Å². The Labute approximate surface area is 179 Å². The highest BCUT2D eigenvalue weighted by molar-refractivity contribution is 5.65. The van der Waals surface area contributed by atoms with E-state index in [0.717, 1.165) is 0 Å². The van der Waals surface area contributed by atoms with Crippen LogP contribution in [0.4, 0.5) is 0 Å². The van der Waals surface area contributed by atoms with Gasteiger partial charge < -0.3 is 34.3 Å². The predicted molar refractivity (Wildman–Crippen MR) is 106 cm³/mol. The summed E-state index contributed by atoms with van der Waals surface area (Å²) in [7, 11) is 0. The number of nitrogens with zero attached hydrogens (tertiary/aromatic N) is 1. The average Bonchev–Trinajstić information content (AvgIpc) is 2.77. The van der Waals surface area contributed by atoms with Gasteiger partial charge in [-0.25, -0.2) is 0 Å². The van der Waals surface area contributed by atoms with Gasteiger partial charge in [-0.15, -0.1) is 0 Å². The number of esters is 1. The minimum Gasteiger partial charge on any atom is -0.463 e. The van der Waals surface area contributed by atoms with Crippen molar-refractivity contribution in [1.82, 2.24) is 0 Å². The first-order chi connectivity index (χ1) is 14.9. The van der Waals surface area contributed by atoms with Gasteiger partial charge in [0.2, 0.25) is 0 Å². The van der Waals surface area contributed by atoms with Crippen molar-refractivity contribution in [1.29, 1.82) is 5.26 Å². The maximum Gasteiger partial charge on any atom is 0.302 e. The lowest BCUT2D eigenvalue weighted by molar-refractivity contribution is -0.308. The molecule has 3 N–H and O–H groups in total. The quantitative estimate of drug-likeness (QED) is 0.558. The van der Waals surface area contributed by atoms with E-state index in [1.165, 1.54) is 6.92 Å². The molecule has 0 radical (unpaired) electrons. The molecule has 2 aromatic carbocycles. The lowest BCUT2D eigenvalue weighted by Gasteiger charge is -2.40. The number of carbonyl (C=O) groups excluding carboxylic acids is 1. The molecule has 6 atom stereocenters. The molecule has 0 spiro atoms. The summed E-state index contributed by atoms with van der Waals surface area (Å²) in [4.78, 5) is 11.0. The second kappa shape index (κ2) is 10.3. The minimum atomic E-state index is -1.62. The average molecular weight is 429 g/mol. The van der Waals surface area contributed by atoms with Crippen molar-refractivity contribution >= 4 is 5.97 Å². The molecule has 1 aliphatic heterocycles. The SMILES string of the molecule is CC(=O)OC[C@H]1OC(OC(C#N)c2cccc(Oc3ccccc3)c2)[C@H](O)[C@@H](O)[C@@H]1O. The van der Waals surface area contributed by atoms with Crippen molar-refractivity contribution < 1.29 is 39.1 Å². The summed E-state index contributed by atoms with van der Waals surface area (Å²) in [6, 6.07) is 17.7. The van der Waals surface area contributed by atoms with Gasteiger partial charge in [-0.05, 0) is 29.8 Å². The van der Waals surface area contributed by atoms with E-state index in [2.05, 4.69) is 0 Å². The zero-order valence-electron chi connectivity index (χ0n) is 16.7. The van der Waals surface area contributed by atoms with Gasteiger partial charge in [0.25, 0.3) is 0 Å². The molecule has 9 heteroatoms. The van der Waals surface area contributed by atoms with Crippen molar-refractivity contribution in [2.45, 2.75) is 43.7 Å². The fourth-order valence-electron chi connectivity index (χ4n) is 3.05. The van der Waals surface area contributed by atoms with Gasteiger partial charge in [-0.1, -0.05) is 30.3 Å². The van der Waals surface area contributed by atoms with Crippen LogP contribution >= 0.6 is 0 Å². The monoisotopic (exact) mass is 429 g/mol. The maximum atomic E-state index is 11.0. The van der Waals surface area contributed by atoms with E-state index in [4.69, 9.17) is 18.9 Å². The third kappa shape index (κ3) is 5.79. The summed E-state index contributed by atoms with van der Waals surface area (Å²) in [5.41, 5.74) is 0.434. The molecule has 1 saturated heterocycles. The van der Waals surface area contributed by atoms with E-state index in [1.54, 1.807) is 36.4 Å². The van der Waals surface area contributed by atoms with Crippen LogP contribution in [-0.2, 0) is 19.0 Å². The van der Waals surface area contributed by atoms with E-state index in [1.807, 2.05) is 24.3 Å². The number of aliphatic hydroxyl groups excluding tert-OH is 3. The number of benzene rings is 2. The molecule has 9 nitrogen and oxygen atoms in total. The summed E-state index contributed by atoms with van der Waals surface area (Å²) in [6.45, 7) is 0.836. The third-order valence-electron chi connectivity index (χ3n) is 4.65. The Balaban J connectivity index is 1.73. The van der Waals surface area contributed by atoms with Crippen molar-refractivity contribution in [3.63, 3.8) is 0 Å². The van der Waals surface area contributed by atoms with Crippen LogP contribution in [0.2, 0.25) is 0 Å². The second-order valence-corrected chi connectivity index (χ2v) is 6.95. The molecular formula is C22H23NO8. The summed E-state index contributed by atoms with van der Waals surface area (Å²) in [6.07, 6.45) is -8.50. The van der Waals surface area contributed by atoms with Crippen LogP contribution in [0.5, 0.6) is 11.5 Å². The zero-order chi connectivity index (χ0) is 22.4. The number of nitriles is 1. The predicted octanol–water partition coefficient (Wildman–Crippen LogP) is 1.43. The fourth-order valence-corrected chi connectivity index (χ4v) is 3.05. The van der Waals surface area contributed by atoms with Gasteiger partial charge in [0.15, 0.2) is 12.4 Å². The number of carbonyl (C=O) groups is 1. The van der Waals surface area contributed by atoms with Crippen LogP contribution in [0.3, 0.4) is 0 Å². The Hall–Kier alpha value is -3.00. The molecular weight excluding hydrogens is 406 g/mol. The van der Waals surface area contributed by atoms with Gasteiger partial charge in [-0.3, -0.25) is 4.79 Å². The summed E-state index contributed by atoms with van der Waals surface area (Å²) < 4.78 is 21.6. The van der Waals surface area contributed by atoms with Crippen LogP contribution < -0.4 is 4.74 Å². The van der Waals surface area contributed by atoms with Gasteiger partial charge in [0.05, 0.1) is 6.07 Å². The first kappa shape index (κ1) is 22.7. The molecule has 0 bridgehead atoms. The molecule has 2 unspecified atom stereocenters. The molecule has 1 aliphatic rings. The normalized spacial score (nSPS) is 26.5. The Morgan fingerprint density at radius 3 is 2.45 bits per heavy atom. The van der Waals surface area contributed by atoms with E-state index in [-0.39, 0.29) is 6.61 Å². The van der Waals surface area contributed by atoms with E-state index in [0.29, 0.717) is 17.1 Å². The molecule has 1 heterocycles. The zero-order valence-corrected chi connectivity index (χ0v) is 16.7. The first-order valence-electron chi connectivity index (χ1n) is 9.60. The van der Waals surface area contributed by atoms with Gasteiger partial charge >= 0.3 is 5.97 Å². The van der Waals surface area contributed by atoms with Crippen molar-refractivity contribution in [2.24, 2.45) is 0 Å². The maximum absolute atomic E-state index is 11.0. The van der Waals surface area contributed by atoms with Crippen LogP contribution in [0.15, 0.2) is 54.6 Å². The topological polar surface area (TPSA) is 138 Å². The summed E-state index contributed by atoms with van der Waals surface area (Å²) in [5.74, 6) is 0.491. The molecule has 2 aromatic rings. The van der Waals surface area contributed by atoms with Crippen LogP contribution in [0.25, 0.3) is 0 Å². The molecule has 0 aromatic heterocycles. The Morgan fingerprint density at radius 1 is 1.06 bits per heavy atom. The molecule has 0 amide bonds. The smallest absolute Gasteiger partial charge is 0.302 e. The fraction of sp³-hybridized carbons (Fsp3) is 0.364. The summed E-state index contributed by atoms with van der Waals surface area (Å²) in [5, 5.41) is 40.0. The van der Waals surface area contributed by atoms with E-state index >= 15 is 0 Å². The first-order valence-corrected chi connectivity index (χ1v) is 9.60. The molecule has 164 valence electrons. The van der Waals surface area contributed by atoms with Crippen LogP contribution in [-0.4, -0.2) is 58.6 Å². The van der Waals surface area contributed by atoms with E-state index < -0.39 is 42.8 Å². The van der Waals surface area contributed by atoms with Gasteiger partial charge in [0, 0.05) is 6.92 Å². The van der Waals surface area contributed by atoms with Gasteiger partial charge in [-0.2, -0.15) is 5.26 Å². The third-order valence-corrected chi connectivity index (χ3v) is 4.65. The number of hydrogen-bond donors (Lipinski definition) is 3. The largest absolute Gasteiger partial charge is 0.463 e. The number of aliphatic hydroxyl groups is 3. The highest BCUT2D eigenvalue weighted by Crippen LogP contribution is 2.30. The molecule has 1 fully saturated rings. The standard InChI is InChI=1S/C22H23NO8/c1-13(24)28-12-18-19(25)20(26)21(27)22(31-18)30-17(11-23)14-6-5-9-16(10-14)29-15-7-3-2-4-8-15/h2-10,17-22,25-27H,12H2,1H3/t17?,18-,19-,20+,21-,22?/m1/s1. The van der Waals surface area contributed by atoms with Crippen molar-refractivity contribution in [2.75, 3.05) is 6.61 Å². The van der Waals surface area contributed by atoms with Crippen molar-refractivity contribution in [3.05, 3.63) is 60.2 Å².